The second-order valence-electron chi connectivity index (χ2n) is 4.42. The second kappa shape index (κ2) is 5.98. The first-order valence-electron chi connectivity index (χ1n) is 6.06. The molecule has 0 saturated heterocycles. The molecule has 94 valence electrons. The minimum atomic E-state index is 0.282. The molecule has 0 aliphatic rings. The Hall–Kier alpha value is -1.38. The largest absolute Gasteiger partial charge is 0.305 e. The van der Waals surface area contributed by atoms with Crippen molar-refractivity contribution in [1.82, 2.24) is 10.3 Å². The summed E-state index contributed by atoms with van der Waals surface area (Å²) < 4.78 is 0. The summed E-state index contributed by atoms with van der Waals surface area (Å²) in [6.07, 6.45) is 0. The number of halogens is 1. The molecule has 2 nitrogen and oxygen atoms in total. The Morgan fingerprint density at radius 3 is 2.56 bits per heavy atom. The smallest absolute Gasteiger partial charge is 0.0545 e. The van der Waals surface area contributed by atoms with Crippen molar-refractivity contribution in [1.29, 1.82) is 0 Å². The van der Waals surface area contributed by atoms with E-state index in [1.54, 1.807) is 0 Å². The standard InChI is InChI=1S/C15H17ClN2/c1-11-4-3-5-15(18-11)10-17-12(2)13-6-8-14(16)9-7-13/h3-9,12,17H,10H2,1-2H3/t12-/m0/s1. The summed E-state index contributed by atoms with van der Waals surface area (Å²) in [5, 5.41) is 4.23. The molecule has 0 fully saturated rings. The number of pyridine rings is 1. The van der Waals surface area contributed by atoms with Crippen LogP contribution in [0.15, 0.2) is 42.5 Å². The van der Waals surface area contributed by atoms with Crippen molar-refractivity contribution in [3.05, 3.63) is 64.4 Å². The van der Waals surface area contributed by atoms with E-state index in [1.165, 1.54) is 5.56 Å². The van der Waals surface area contributed by atoms with Crippen LogP contribution in [0.1, 0.15) is 29.9 Å². The Labute approximate surface area is 113 Å². The van der Waals surface area contributed by atoms with Gasteiger partial charge in [0.05, 0.1) is 5.69 Å². The molecule has 0 unspecified atom stereocenters. The predicted octanol–water partition coefficient (Wildman–Crippen LogP) is 3.89. The molecule has 2 aromatic rings. The minimum absolute atomic E-state index is 0.282. The molecule has 0 saturated carbocycles. The van der Waals surface area contributed by atoms with E-state index >= 15 is 0 Å². The fourth-order valence-electron chi connectivity index (χ4n) is 1.82. The lowest BCUT2D eigenvalue weighted by molar-refractivity contribution is 0.567. The van der Waals surface area contributed by atoms with Crippen LogP contribution in [0.2, 0.25) is 5.02 Å². The van der Waals surface area contributed by atoms with Crippen molar-refractivity contribution in [3.63, 3.8) is 0 Å². The van der Waals surface area contributed by atoms with E-state index in [9.17, 15) is 0 Å². The Kier molecular flexibility index (Phi) is 4.34. The number of hydrogen-bond donors (Lipinski definition) is 1. The summed E-state index contributed by atoms with van der Waals surface area (Å²) in [7, 11) is 0. The van der Waals surface area contributed by atoms with Crippen LogP contribution in [-0.2, 0) is 6.54 Å². The molecule has 18 heavy (non-hydrogen) atoms. The van der Waals surface area contributed by atoms with Crippen LogP contribution < -0.4 is 5.32 Å². The Balaban J connectivity index is 1.96. The molecule has 1 heterocycles. The molecule has 3 heteroatoms. The van der Waals surface area contributed by atoms with Crippen molar-refractivity contribution < 1.29 is 0 Å². The van der Waals surface area contributed by atoms with E-state index in [2.05, 4.69) is 17.2 Å². The van der Waals surface area contributed by atoms with Gasteiger partial charge >= 0.3 is 0 Å². The van der Waals surface area contributed by atoms with Crippen LogP contribution in [0.4, 0.5) is 0 Å². The predicted molar refractivity (Wildman–Crippen MR) is 75.7 cm³/mol. The van der Waals surface area contributed by atoms with Gasteiger partial charge in [-0.2, -0.15) is 0 Å². The van der Waals surface area contributed by atoms with E-state index in [-0.39, 0.29) is 6.04 Å². The fraction of sp³-hybridized carbons (Fsp3) is 0.267. The molecule has 0 spiro atoms. The van der Waals surface area contributed by atoms with Gasteiger partial charge in [0.2, 0.25) is 0 Å². The van der Waals surface area contributed by atoms with Crippen molar-refractivity contribution >= 4 is 11.6 Å². The normalized spacial score (nSPS) is 12.4. The second-order valence-corrected chi connectivity index (χ2v) is 4.86. The first-order valence-corrected chi connectivity index (χ1v) is 6.44. The zero-order valence-corrected chi connectivity index (χ0v) is 11.4. The topological polar surface area (TPSA) is 24.9 Å². The highest BCUT2D eigenvalue weighted by molar-refractivity contribution is 6.30. The Bertz CT molecular complexity index is 508. The third-order valence-electron chi connectivity index (χ3n) is 2.91. The summed E-state index contributed by atoms with van der Waals surface area (Å²) in [4.78, 5) is 4.47. The lowest BCUT2D eigenvalue weighted by Gasteiger charge is -2.14. The summed E-state index contributed by atoms with van der Waals surface area (Å²) >= 11 is 5.88. The van der Waals surface area contributed by atoms with E-state index < -0.39 is 0 Å². The summed E-state index contributed by atoms with van der Waals surface area (Å²) in [5.74, 6) is 0. The van der Waals surface area contributed by atoms with Gasteiger partial charge in [0.25, 0.3) is 0 Å². The van der Waals surface area contributed by atoms with Gasteiger partial charge in [0, 0.05) is 23.3 Å². The number of aryl methyl sites for hydroxylation is 1. The zero-order chi connectivity index (χ0) is 13.0. The van der Waals surface area contributed by atoms with Crippen molar-refractivity contribution in [2.24, 2.45) is 0 Å². The first-order chi connectivity index (χ1) is 8.65. The number of benzene rings is 1. The summed E-state index contributed by atoms with van der Waals surface area (Å²) in [6, 6.07) is 14.3. The van der Waals surface area contributed by atoms with Gasteiger partial charge in [-0.25, -0.2) is 0 Å². The SMILES string of the molecule is Cc1cccc(CN[C@@H](C)c2ccc(Cl)cc2)n1. The Morgan fingerprint density at radius 2 is 1.89 bits per heavy atom. The van der Waals surface area contributed by atoms with Crippen LogP contribution in [0, 0.1) is 6.92 Å². The molecule has 1 aromatic heterocycles. The van der Waals surface area contributed by atoms with Gasteiger partial charge in [0.1, 0.15) is 0 Å². The Morgan fingerprint density at radius 1 is 1.17 bits per heavy atom. The highest BCUT2D eigenvalue weighted by Gasteiger charge is 2.05. The number of aromatic nitrogens is 1. The van der Waals surface area contributed by atoms with Gasteiger partial charge in [-0.3, -0.25) is 4.98 Å². The molecule has 1 N–H and O–H groups in total. The van der Waals surface area contributed by atoms with Crippen LogP contribution >= 0.6 is 11.6 Å². The average Bonchev–Trinajstić information content (AvgIpc) is 2.37. The van der Waals surface area contributed by atoms with E-state index in [0.29, 0.717) is 0 Å². The molecular weight excluding hydrogens is 244 g/mol. The van der Waals surface area contributed by atoms with Crippen molar-refractivity contribution in [2.75, 3.05) is 0 Å². The zero-order valence-electron chi connectivity index (χ0n) is 10.7. The van der Waals surface area contributed by atoms with Gasteiger partial charge in [-0.15, -0.1) is 0 Å². The average molecular weight is 261 g/mol. The maximum atomic E-state index is 5.88. The van der Waals surface area contributed by atoms with Crippen LogP contribution in [0.5, 0.6) is 0 Å². The third kappa shape index (κ3) is 3.56. The molecule has 0 radical (unpaired) electrons. The summed E-state index contributed by atoms with van der Waals surface area (Å²) in [5.41, 5.74) is 3.34. The molecule has 0 amide bonds. The van der Waals surface area contributed by atoms with Crippen LogP contribution in [-0.4, -0.2) is 4.98 Å². The van der Waals surface area contributed by atoms with Gasteiger partial charge in [-0.05, 0) is 43.7 Å². The highest BCUT2D eigenvalue weighted by atomic mass is 35.5. The van der Waals surface area contributed by atoms with E-state index in [4.69, 9.17) is 11.6 Å². The first kappa shape index (κ1) is 13.1. The third-order valence-corrected chi connectivity index (χ3v) is 3.16. The van der Waals surface area contributed by atoms with Crippen molar-refractivity contribution in [3.8, 4) is 0 Å². The number of nitrogens with zero attached hydrogens (tertiary/aromatic N) is 1. The molecule has 2 rings (SSSR count). The number of rotatable bonds is 4. The molecule has 1 aromatic carbocycles. The lowest BCUT2D eigenvalue weighted by atomic mass is 10.1. The lowest BCUT2D eigenvalue weighted by Crippen LogP contribution is -2.18. The molecular formula is C15H17ClN2. The number of nitrogens with one attached hydrogen (secondary N) is 1. The molecule has 0 bridgehead atoms. The fourth-order valence-corrected chi connectivity index (χ4v) is 1.95. The maximum Gasteiger partial charge on any atom is 0.0545 e. The van der Waals surface area contributed by atoms with Crippen LogP contribution in [0.25, 0.3) is 0 Å². The van der Waals surface area contributed by atoms with Gasteiger partial charge in [0.15, 0.2) is 0 Å². The molecule has 0 aliphatic heterocycles. The van der Waals surface area contributed by atoms with E-state index in [0.717, 1.165) is 23.0 Å². The highest BCUT2D eigenvalue weighted by Crippen LogP contribution is 2.16. The van der Waals surface area contributed by atoms with Crippen molar-refractivity contribution in [2.45, 2.75) is 26.4 Å². The molecule has 1 atom stereocenters. The monoisotopic (exact) mass is 260 g/mol. The van der Waals surface area contributed by atoms with Crippen LogP contribution in [0.3, 0.4) is 0 Å². The van der Waals surface area contributed by atoms with Gasteiger partial charge < -0.3 is 5.32 Å². The number of hydrogen-bond acceptors (Lipinski definition) is 2. The summed E-state index contributed by atoms with van der Waals surface area (Å²) in [6.45, 7) is 4.91. The molecule has 0 aliphatic carbocycles. The minimum Gasteiger partial charge on any atom is -0.305 e. The van der Waals surface area contributed by atoms with Gasteiger partial charge in [-0.1, -0.05) is 29.8 Å². The quantitative estimate of drug-likeness (QED) is 0.902. The maximum absolute atomic E-state index is 5.88. The van der Waals surface area contributed by atoms with E-state index in [1.807, 2.05) is 49.4 Å².